The summed E-state index contributed by atoms with van der Waals surface area (Å²) in [6, 6.07) is 3.06. The third-order valence-corrected chi connectivity index (χ3v) is 3.20. The Morgan fingerprint density at radius 2 is 2.05 bits per heavy atom. The molecule has 2 aromatic rings. The molecule has 0 unspecified atom stereocenters. The van der Waals surface area contributed by atoms with Gasteiger partial charge in [-0.05, 0) is 12.1 Å². The fourth-order valence-corrected chi connectivity index (χ4v) is 2.28. The van der Waals surface area contributed by atoms with Crippen molar-refractivity contribution in [2.75, 3.05) is 5.73 Å². The number of aryl methyl sites for hydroxylation is 2. The number of carbonyl (C=O) groups excluding carboxylic acids is 1. The van der Waals surface area contributed by atoms with Gasteiger partial charge in [-0.15, -0.1) is 0 Å². The van der Waals surface area contributed by atoms with Gasteiger partial charge in [0.25, 0.3) is 5.91 Å². The van der Waals surface area contributed by atoms with Crippen LogP contribution < -0.4 is 11.5 Å². The van der Waals surface area contributed by atoms with Gasteiger partial charge in [0.15, 0.2) is 5.82 Å². The van der Waals surface area contributed by atoms with E-state index >= 15 is 0 Å². The highest BCUT2D eigenvalue weighted by Crippen LogP contribution is 2.28. The monoisotopic (exact) mass is 293 g/mol. The van der Waals surface area contributed by atoms with Crippen LogP contribution in [0.5, 0.6) is 0 Å². The van der Waals surface area contributed by atoms with Crippen LogP contribution in [-0.2, 0) is 12.8 Å². The molecule has 0 saturated carbocycles. The van der Waals surface area contributed by atoms with E-state index in [9.17, 15) is 4.79 Å². The van der Waals surface area contributed by atoms with Crippen molar-refractivity contribution in [1.29, 1.82) is 0 Å². The minimum absolute atomic E-state index is 0.234. The molecule has 7 heteroatoms. The molecular formula is C13H16ClN5O. The van der Waals surface area contributed by atoms with Crippen molar-refractivity contribution in [1.82, 2.24) is 14.8 Å². The largest absolute Gasteiger partial charge is 0.399 e. The quantitative estimate of drug-likeness (QED) is 0.838. The molecule has 0 saturated heterocycles. The number of nitrogens with two attached hydrogens (primary N) is 2. The summed E-state index contributed by atoms with van der Waals surface area (Å²) in [5, 5.41) is 4.70. The minimum atomic E-state index is -0.607. The van der Waals surface area contributed by atoms with Crippen LogP contribution in [0.4, 0.5) is 5.69 Å². The third kappa shape index (κ3) is 2.46. The minimum Gasteiger partial charge on any atom is -0.399 e. The number of anilines is 1. The predicted molar refractivity (Wildman–Crippen MR) is 78.1 cm³/mol. The Kier molecular flexibility index (Phi) is 3.94. The van der Waals surface area contributed by atoms with E-state index in [1.807, 2.05) is 13.8 Å². The van der Waals surface area contributed by atoms with E-state index in [2.05, 4.69) is 10.1 Å². The smallest absolute Gasteiger partial charge is 0.251 e. The summed E-state index contributed by atoms with van der Waals surface area (Å²) in [4.78, 5) is 16.0. The third-order valence-electron chi connectivity index (χ3n) is 2.91. The first-order chi connectivity index (χ1) is 9.47. The summed E-state index contributed by atoms with van der Waals surface area (Å²) in [5.74, 6) is 0.797. The summed E-state index contributed by atoms with van der Waals surface area (Å²) in [6.07, 6.45) is 1.35. The standard InChI is InChI=1S/C13H16ClN5O/c1-3-10-17-11(4-2)19(18-10)12-8(13(16)20)5-7(15)6-9(12)14/h5-6H,3-4,15H2,1-2H3,(H2,16,20). The molecule has 0 atom stereocenters. The number of carbonyl (C=O) groups is 1. The molecule has 0 aliphatic heterocycles. The van der Waals surface area contributed by atoms with Gasteiger partial charge in [-0.2, -0.15) is 5.10 Å². The summed E-state index contributed by atoms with van der Waals surface area (Å²) in [7, 11) is 0. The highest BCUT2D eigenvalue weighted by atomic mass is 35.5. The van der Waals surface area contributed by atoms with Crippen molar-refractivity contribution >= 4 is 23.2 Å². The lowest BCUT2D eigenvalue weighted by Crippen LogP contribution is -2.17. The number of aromatic nitrogens is 3. The Morgan fingerprint density at radius 1 is 1.35 bits per heavy atom. The Bertz CT molecular complexity index is 665. The molecule has 6 nitrogen and oxygen atoms in total. The zero-order valence-corrected chi connectivity index (χ0v) is 12.1. The van der Waals surface area contributed by atoms with Crippen LogP contribution in [0, 0.1) is 0 Å². The molecule has 1 aromatic heterocycles. The van der Waals surface area contributed by atoms with Crippen LogP contribution >= 0.6 is 11.6 Å². The number of nitrogens with zero attached hydrogens (tertiary/aromatic N) is 3. The molecule has 0 bridgehead atoms. The van der Waals surface area contributed by atoms with Gasteiger partial charge < -0.3 is 11.5 Å². The molecule has 0 fully saturated rings. The Hall–Kier alpha value is -2.08. The number of hydrogen-bond donors (Lipinski definition) is 2. The number of amides is 1. The summed E-state index contributed by atoms with van der Waals surface area (Å²) in [5.41, 5.74) is 12.2. The molecule has 0 aliphatic rings. The first kappa shape index (κ1) is 14.3. The fraction of sp³-hybridized carbons (Fsp3) is 0.308. The van der Waals surface area contributed by atoms with Crippen molar-refractivity contribution in [2.24, 2.45) is 5.73 Å². The first-order valence-electron chi connectivity index (χ1n) is 6.31. The first-order valence-corrected chi connectivity index (χ1v) is 6.69. The Morgan fingerprint density at radius 3 is 2.60 bits per heavy atom. The van der Waals surface area contributed by atoms with Crippen LogP contribution in [0.3, 0.4) is 0 Å². The van der Waals surface area contributed by atoms with E-state index in [1.165, 1.54) is 6.07 Å². The Labute approximate surface area is 121 Å². The average Bonchev–Trinajstić information content (AvgIpc) is 2.80. The highest BCUT2D eigenvalue weighted by Gasteiger charge is 2.19. The lowest BCUT2D eigenvalue weighted by Gasteiger charge is -2.12. The van der Waals surface area contributed by atoms with Gasteiger partial charge in [-0.1, -0.05) is 25.4 Å². The van der Waals surface area contributed by atoms with E-state index in [0.717, 1.165) is 5.82 Å². The van der Waals surface area contributed by atoms with E-state index in [0.29, 0.717) is 35.1 Å². The molecule has 0 radical (unpaired) electrons. The molecule has 0 spiro atoms. The van der Waals surface area contributed by atoms with Crippen molar-refractivity contribution in [2.45, 2.75) is 26.7 Å². The van der Waals surface area contributed by atoms with Crippen molar-refractivity contribution in [3.63, 3.8) is 0 Å². The number of primary amides is 1. The molecule has 0 aliphatic carbocycles. The molecule has 106 valence electrons. The second kappa shape index (κ2) is 5.50. The molecule has 4 N–H and O–H groups in total. The van der Waals surface area contributed by atoms with Gasteiger partial charge in [0, 0.05) is 18.5 Å². The topological polar surface area (TPSA) is 99.8 Å². The van der Waals surface area contributed by atoms with Crippen LogP contribution in [0.2, 0.25) is 5.02 Å². The van der Waals surface area contributed by atoms with E-state index in [1.54, 1.807) is 10.7 Å². The average molecular weight is 294 g/mol. The highest BCUT2D eigenvalue weighted by molar-refractivity contribution is 6.33. The van der Waals surface area contributed by atoms with Crippen LogP contribution in [-0.4, -0.2) is 20.7 Å². The molecule has 1 aromatic carbocycles. The van der Waals surface area contributed by atoms with E-state index in [4.69, 9.17) is 23.1 Å². The van der Waals surface area contributed by atoms with Crippen LogP contribution in [0.15, 0.2) is 12.1 Å². The van der Waals surface area contributed by atoms with E-state index in [-0.39, 0.29) is 5.56 Å². The summed E-state index contributed by atoms with van der Waals surface area (Å²) in [6.45, 7) is 3.91. The van der Waals surface area contributed by atoms with Crippen LogP contribution in [0.25, 0.3) is 5.69 Å². The maximum Gasteiger partial charge on any atom is 0.251 e. The SMILES string of the molecule is CCc1nc(CC)n(-c2c(Cl)cc(N)cc2C(N)=O)n1. The zero-order chi connectivity index (χ0) is 14.9. The number of halogens is 1. The predicted octanol–water partition coefficient (Wildman–Crippen LogP) is 1.73. The Balaban J connectivity index is 2.74. The van der Waals surface area contributed by atoms with Gasteiger partial charge in [0.2, 0.25) is 0 Å². The van der Waals surface area contributed by atoms with Gasteiger partial charge in [-0.25, -0.2) is 9.67 Å². The van der Waals surface area contributed by atoms with Gasteiger partial charge in [-0.3, -0.25) is 4.79 Å². The molecule has 1 heterocycles. The van der Waals surface area contributed by atoms with E-state index < -0.39 is 5.91 Å². The summed E-state index contributed by atoms with van der Waals surface area (Å²) < 4.78 is 1.57. The second-order valence-corrected chi connectivity index (χ2v) is 4.73. The molecular weight excluding hydrogens is 278 g/mol. The van der Waals surface area contributed by atoms with Crippen LogP contribution in [0.1, 0.15) is 35.9 Å². The lowest BCUT2D eigenvalue weighted by molar-refractivity contribution is 0.1000. The van der Waals surface area contributed by atoms with Gasteiger partial charge in [0.1, 0.15) is 5.82 Å². The normalized spacial score (nSPS) is 10.8. The molecule has 20 heavy (non-hydrogen) atoms. The maximum absolute atomic E-state index is 11.6. The fourth-order valence-electron chi connectivity index (χ4n) is 1.97. The van der Waals surface area contributed by atoms with Crippen molar-refractivity contribution < 1.29 is 4.79 Å². The lowest BCUT2D eigenvalue weighted by atomic mass is 10.1. The number of nitrogen functional groups attached to an aromatic ring is 1. The number of rotatable bonds is 4. The second-order valence-electron chi connectivity index (χ2n) is 4.33. The zero-order valence-electron chi connectivity index (χ0n) is 11.4. The van der Waals surface area contributed by atoms with Crippen molar-refractivity contribution in [3.05, 3.63) is 34.4 Å². The molecule has 2 rings (SSSR count). The van der Waals surface area contributed by atoms with Gasteiger partial charge in [0.05, 0.1) is 16.3 Å². The van der Waals surface area contributed by atoms with Crippen molar-refractivity contribution in [3.8, 4) is 5.69 Å². The van der Waals surface area contributed by atoms with Gasteiger partial charge >= 0.3 is 0 Å². The molecule has 1 amide bonds. The summed E-state index contributed by atoms with van der Waals surface area (Å²) >= 11 is 6.22. The maximum atomic E-state index is 11.6. The number of hydrogen-bond acceptors (Lipinski definition) is 4. The number of benzene rings is 1.